The van der Waals surface area contributed by atoms with E-state index in [4.69, 9.17) is 4.74 Å². The maximum atomic E-state index is 5.76. The van der Waals surface area contributed by atoms with E-state index in [1.54, 1.807) is 0 Å². The van der Waals surface area contributed by atoms with E-state index in [2.05, 4.69) is 45.1 Å². The van der Waals surface area contributed by atoms with Crippen LogP contribution < -0.4 is 10.1 Å². The Hall–Kier alpha value is -1.18. The first kappa shape index (κ1) is 10.3. The zero-order chi connectivity index (χ0) is 11.1. The van der Waals surface area contributed by atoms with E-state index in [9.17, 15) is 0 Å². The van der Waals surface area contributed by atoms with Gasteiger partial charge in [-0.25, -0.2) is 0 Å². The van der Waals surface area contributed by atoms with Gasteiger partial charge in [-0.15, -0.1) is 0 Å². The van der Waals surface area contributed by atoms with Crippen LogP contribution in [0.4, 0.5) is 5.69 Å². The lowest BCUT2D eigenvalue weighted by molar-refractivity contribution is 0.207. The summed E-state index contributed by atoms with van der Waals surface area (Å²) in [5.41, 5.74) is 2.61. The van der Waals surface area contributed by atoms with E-state index >= 15 is 0 Å². The fourth-order valence-corrected chi connectivity index (χ4v) is 1.75. The molecule has 0 unspecified atom stereocenters. The van der Waals surface area contributed by atoms with Crippen LogP contribution in [0, 0.1) is 12.3 Å². The monoisotopic (exact) mass is 205 g/mol. The summed E-state index contributed by atoms with van der Waals surface area (Å²) < 4.78 is 5.76. The topological polar surface area (TPSA) is 21.3 Å². The zero-order valence-corrected chi connectivity index (χ0v) is 9.92. The van der Waals surface area contributed by atoms with E-state index in [0.29, 0.717) is 6.04 Å². The summed E-state index contributed by atoms with van der Waals surface area (Å²) in [4.78, 5) is 0. The van der Waals surface area contributed by atoms with Crippen molar-refractivity contribution in [2.24, 2.45) is 5.41 Å². The van der Waals surface area contributed by atoms with Gasteiger partial charge in [-0.05, 0) is 30.0 Å². The highest BCUT2D eigenvalue weighted by Crippen LogP contribution is 2.34. The molecule has 0 saturated heterocycles. The molecule has 2 heteroatoms. The van der Waals surface area contributed by atoms with Gasteiger partial charge in [0.25, 0.3) is 0 Å². The first-order valence-corrected chi connectivity index (χ1v) is 5.47. The molecule has 0 fully saturated rings. The average molecular weight is 205 g/mol. The molecule has 1 N–H and O–H groups in total. The lowest BCUT2D eigenvalue weighted by atomic mass is 9.86. The molecule has 0 amide bonds. The molecule has 0 radical (unpaired) electrons. The van der Waals surface area contributed by atoms with Crippen LogP contribution in [0.25, 0.3) is 0 Å². The minimum Gasteiger partial charge on any atom is -0.489 e. The molecule has 0 bridgehead atoms. The van der Waals surface area contributed by atoms with Gasteiger partial charge in [-0.3, -0.25) is 0 Å². The highest BCUT2D eigenvalue weighted by Gasteiger charge is 2.29. The molecular weight excluding hydrogens is 186 g/mol. The normalized spacial score (nSPS) is 20.1. The number of hydrogen-bond acceptors (Lipinski definition) is 2. The smallest absolute Gasteiger partial charge is 0.142 e. The number of nitrogens with one attached hydrogen (secondary N) is 1. The third kappa shape index (κ3) is 2.09. The van der Waals surface area contributed by atoms with Crippen molar-refractivity contribution in [1.29, 1.82) is 0 Å². The largest absolute Gasteiger partial charge is 0.489 e. The molecule has 82 valence electrons. The Morgan fingerprint density at radius 3 is 2.73 bits per heavy atom. The van der Waals surface area contributed by atoms with Crippen molar-refractivity contribution in [3.63, 3.8) is 0 Å². The van der Waals surface area contributed by atoms with E-state index < -0.39 is 0 Å². The van der Waals surface area contributed by atoms with Crippen LogP contribution >= 0.6 is 0 Å². The Kier molecular flexibility index (Phi) is 2.37. The maximum absolute atomic E-state index is 5.76. The quantitative estimate of drug-likeness (QED) is 0.702. The van der Waals surface area contributed by atoms with Gasteiger partial charge in [-0.2, -0.15) is 0 Å². The SMILES string of the molecule is Cc1ccc2c(c1)N[C@H](C(C)(C)C)CO2. The molecular formula is C13H19NO. The second-order valence-corrected chi connectivity index (χ2v) is 5.37. The Labute approximate surface area is 91.6 Å². The molecule has 1 aromatic rings. The standard InChI is InChI=1S/C13H19NO/c1-9-5-6-11-10(7-9)14-12(8-15-11)13(2,3)4/h5-7,12,14H,8H2,1-4H3/t12-/m0/s1. The molecule has 1 heterocycles. The van der Waals surface area contributed by atoms with E-state index in [1.165, 1.54) is 5.56 Å². The summed E-state index contributed by atoms with van der Waals surface area (Å²) >= 11 is 0. The number of aryl methyl sites for hydroxylation is 1. The predicted octanol–water partition coefficient (Wildman–Crippen LogP) is 3.21. The number of hydrogen-bond donors (Lipinski definition) is 1. The highest BCUT2D eigenvalue weighted by atomic mass is 16.5. The molecule has 1 atom stereocenters. The van der Waals surface area contributed by atoms with Crippen LogP contribution in [0.15, 0.2) is 18.2 Å². The summed E-state index contributed by atoms with van der Waals surface area (Å²) in [5.74, 6) is 0.973. The highest BCUT2D eigenvalue weighted by molar-refractivity contribution is 5.60. The van der Waals surface area contributed by atoms with Gasteiger partial charge in [0, 0.05) is 0 Å². The molecule has 0 spiro atoms. The van der Waals surface area contributed by atoms with Gasteiger partial charge in [0.1, 0.15) is 12.4 Å². The predicted molar refractivity (Wildman–Crippen MR) is 63.5 cm³/mol. The van der Waals surface area contributed by atoms with Gasteiger partial charge in [-0.1, -0.05) is 26.8 Å². The lowest BCUT2D eigenvalue weighted by Crippen LogP contribution is -2.41. The summed E-state index contributed by atoms with van der Waals surface area (Å²) in [5, 5.41) is 3.55. The Balaban J connectivity index is 2.26. The van der Waals surface area contributed by atoms with E-state index in [-0.39, 0.29) is 5.41 Å². The third-order valence-corrected chi connectivity index (χ3v) is 2.92. The Morgan fingerprint density at radius 1 is 1.33 bits per heavy atom. The van der Waals surface area contributed by atoms with Crippen molar-refractivity contribution in [2.45, 2.75) is 33.7 Å². The van der Waals surface area contributed by atoms with Crippen LogP contribution in [0.5, 0.6) is 5.75 Å². The number of ether oxygens (including phenoxy) is 1. The first-order valence-electron chi connectivity index (χ1n) is 5.47. The van der Waals surface area contributed by atoms with Crippen molar-refractivity contribution in [3.8, 4) is 5.75 Å². The molecule has 2 rings (SSSR count). The molecule has 0 aromatic heterocycles. The van der Waals surface area contributed by atoms with Gasteiger partial charge in [0.15, 0.2) is 0 Å². The molecule has 1 aliphatic rings. The van der Waals surface area contributed by atoms with Crippen molar-refractivity contribution < 1.29 is 4.74 Å². The number of rotatable bonds is 0. The molecule has 1 aliphatic heterocycles. The van der Waals surface area contributed by atoms with Crippen molar-refractivity contribution >= 4 is 5.69 Å². The molecule has 0 aliphatic carbocycles. The van der Waals surface area contributed by atoms with Crippen LogP contribution in [0.2, 0.25) is 0 Å². The number of fused-ring (bicyclic) bond motifs is 1. The van der Waals surface area contributed by atoms with Gasteiger partial charge in [0.2, 0.25) is 0 Å². The minimum atomic E-state index is 0.224. The summed E-state index contributed by atoms with van der Waals surface area (Å²) in [6, 6.07) is 6.65. The van der Waals surface area contributed by atoms with Crippen molar-refractivity contribution in [3.05, 3.63) is 23.8 Å². The molecule has 2 nitrogen and oxygen atoms in total. The average Bonchev–Trinajstić information content (AvgIpc) is 2.15. The molecule has 1 aromatic carbocycles. The van der Waals surface area contributed by atoms with Crippen LogP contribution in [-0.4, -0.2) is 12.6 Å². The Morgan fingerprint density at radius 2 is 2.07 bits per heavy atom. The fourth-order valence-electron chi connectivity index (χ4n) is 1.75. The summed E-state index contributed by atoms with van der Waals surface area (Å²) in [6.07, 6.45) is 0. The van der Waals surface area contributed by atoms with Gasteiger partial charge in [0.05, 0.1) is 11.7 Å². The lowest BCUT2D eigenvalue weighted by Gasteiger charge is -2.36. The van der Waals surface area contributed by atoms with Crippen LogP contribution in [-0.2, 0) is 0 Å². The number of anilines is 1. The fraction of sp³-hybridized carbons (Fsp3) is 0.538. The van der Waals surface area contributed by atoms with E-state index in [1.807, 2.05) is 6.07 Å². The zero-order valence-electron chi connectivity index (χ0n) is 9.92. The second-order valence-electron chi connectivity index (χ2n) is 5.37. The first-order chi connectivity index (χ1) is 6.97. The number of benzene rings is 1. The maximum Gasteiger partial charge on any atom is 0.142 e. The minimum absolute atomic E-state index is 0.224. The van der Waals surface area contributed by atoms with Gasteiger partial charge >= 0.3 is 0 Å². The third-order valence-electron chi connectivity index (χ3n) is 2.92. The van der Waals surface area contributed by atoms with Crippen LogP contribution in [0.1, 0.15) is 26.3 Å². The molecule has 0 saturated carbocycles. The second kappa shape index (κ2) is 3.44. The molecule has 15 heavy (non-hydrogen) atoms. The van der Waals surface area contributed by atoms with Crippen molar-refractivity contribution in [2.75, 3.05) is 11.9 Å². The van der Waals surface area contributed by atoms with E-state index in [0.717, 1.165) is 18.0 Å². The van der Waals surface area contributed by atoms with Crippen LogP contribution in [0.3, 0.4) is 0 Å². The van der Waals surface area contributed by atoms with Gasteiger partial charge < -0.3 is 10.1 Å². The summed E-state index contributed by atoms with van der Waals surface area (Å²) in [7, 11) is 0. The summed E-state index contributed by atoms with van der Waals surface area (Å²) in [6.45, 7) is 9.54. The Bertz CT molecular complexity index is 365. The van der Waals surface area contributed by atoms with Crippen molar-refractivity contribution in [1.82, 2.24) is 0 Å².